The van der Waals surface area contributed by atoms with Crippen molar-refractivity contribution < 1.29 is 34.7 Å². The maximum absolute atomic E-state index is 10.7. The van der Waals surface area contributed by atoms with Crippen molar-refractivity contribution in [3.63, 3.8) is 0 Å². The molecule has 0 bridgehead atoms. The summed E-state index contributed by atoms with van der Waals surface area (Å²) in [5, 5.41) is 37.1. The first-order valence-electron chi connectivity index (χ1n) is 4.64. The van der Waals surface area contributed by atoms with Gasteiger partial charge in [-0.3, -0.25) is 0 Å². The highest BCUT2D eigenvalue weighted by molar-refractivity contribution is 5.81. The summed E-state index contributed by atoms with van der Waals surface area (Å²) in [4.78, 5) is 10.7. The number of ether oxygens (including phenoxy) is 2. The molecule has 1 aliphatic heterocycles. The maximum atomic E-state index is 10.7. The minimum Gasteiger partial charge on any atom is -0.460 e. The zero-order valence-electron chi connectivity index (χ0n) is 8.39. The van der Waals surface area contributed by atoms with E-state index in [1.165, 1.54) is 0 Å². The summed E-state index contributed by atoms with van der Waals surface area (Å²) in [7, 11) is 0. The lowest BCUT2D eigenvalue weighted by Gasteiger charge is -2.37. The summed E-state index contributed by atoms with van der Waals surface area (Å²) in [6.45, 7) is 2.81. The van der Waals surface area contributed by atoms with Gasteiger partial charge in [-0.1, -0.05) is 6.58 Å². The van der Waals surface area contributed by atoms with Crippen LogP contribution in [0.2, 0.25) is 0 Å². The van der Waals surface area contributed by atoms with Gasteiger partial charge in [-0.2, -0.15) is 0 Å². The lowest BCUT2D eigenvalue weighted by atomic mass is 9.99. The molecule has 7 heteroatoms. The minimum atomic E-state index is -1.63. The van der Waals surface area contributed by atoms with Crippen LogP contribution in [0.4, 0.5) is 0 Å². The van der Waals surface area contributed by atoms with Crippen LogP contribution in [0.3, 0.4) is 0 Å². The van der Waals surface area contributed by atoms with E-state index in [0.717, 1.165) is 6.08 Å². The highest BCUT2D eigenvalue weighted by Gasteiger charge is 2.43. The minimum absolute atomic E-state index is 0.354. The molecule has 0 aromatic carbocycles. The van der Waals surface area contributed by atoms with Crippen molar-refractivity contribution in [1.82, 2.24) is 0 Å². The second-order valence-corrected chi connectivity index (χ2v) is 3.37. The Bertz CT molecular complexity index is 267. The Balaban J connectivity index is 2.53. The molecule has 1 rings (SSSR count). The van der Waals surface area contributed by atoms with Crippen LogP contribution >= 0.6 is 0 Å². The molecule has 0 spiro atoms. The van der Waals surface area contributed by atoms with Gasteiger partial charge in [0, 0.05) is 6.08 Å². The molecular formula is C9H14O7. The second-order valence-electron chi connectivity index (χ2n) is 3.37. The van der Waals surface area contributed by atoms with E-state index in [0.29, 0.717) is 0 Å². The first-order chi connectivity index (χ1) is 7.47. The SMILES string of the molecule is C=CC(=O)OC[C@H]1O[C@H](O)[C@H](O)[C@@H](O)[C@H]1O. The molecule has 0 aliphatic carbocycles. The monoisotopic (exact) mass is 234 g/mol. The normalized spacial score (nSPS) is 39.1. The summed E-state index contributed by atoms with van der Waals surface area (Å²) in [6, 6.07) is 0. The number of hydrogen-bond donors (Lipinski definition) is 4. The van der Waals surface area contributed by atoms with Crippen LogP contribution in [0.1, 0.15) is 0 Å². The van der Waals surface area contributed by atoms with E-state index in [1.807, 2.05) is 0 Å². The van der Waals surface area contributed by atoms with Crippen LogP contribution in [-0.4, -0.2) is 63.7 Å². The lowest BCUT2D eigenvalue weighted by Crippen LogP contribution is -2.58. The zero-order valence-corrected chi connectivity index (χ0v) is 8.39. The summed E-state index contributed by atoms with van der Waals surface area (Å²) in [5.74, 6) is -0.717. The molecule has 1 heterocycles. The topological polar surface area (TPSA) is 116 Å². The van der Waals surface area contributed by atoms with Gasteiger partial charge in [0.15, 0.2) is 6.29 Å². The lowest BCUT2D eigenvalue weighted by molar-refractivity contribution is -0.287. The summed E-state index contributed by atoms with van der Waals surface area (Å²) in [5.41, 5.74) is 0. The molecule has 0 aromatic rings. The van der Waals surface area contributed by atoms with Crippen molar-refractivity contribution in [2.24, 2.45) is 0 Å². The third kappa shape index (κ3) is 2.77. The summed E-state index contributed by atoms with van der Waals surface area (Å²) >= 11 is 0. The number of rotatable bonds is 3. The standard InChI is InChI=1S/C9H14O7/c1-2-5(10)15-3-4-6(11)7(12)8(13)9(14)16-4/h2,4,6-9,11-14H,1,3H2/t4-,6+,7+,8-,9+/m1/s1. The number of aliphatic hydroxyl groups is 4. The van der Waals surface area contributed by atoms with E-state index in [-0.39, 0.29) is 6.61 Å². The van der Waals surface area contributed by atoms with Crippen molar-refractivity contribution in [3.8, 4) is 0 Å². The average molecular weight is 234 g/mol. The average Bonchev–Trinajstić information content (AvgIpc) is 2.28. The smallest absolute Gasteiger partial charge is 0.330 e. The third-order valence-electron chi connectivity index (χ3n) is 2.24. The van der Waals surface area contributed by atoms with Crippen LogP contribution in [0.15, 0.2) is 12.7 Å². The Morgan fingerprint density at radius 1 is 1.25 bits per heavy atom. The molecule has 1 saturated heterocycles. The van der Waals surface area contributed by atoms with E-state index in [4.69, 9.17) is 14.9 Å². The highest BCUT2D eigenvalue weighted by atomic mass is 16.6. The molecule has 7 nitrogen and oxygen atoms in total. The molecule has 0 amide bonds. The summed E-state index contributed by atoms with van der Waals surface area (Å²) in [6.07, 6.45) is -6.41. The van der Waals surface area contributed by atoms with Crippen molar-refractivity contribution in [2.75, 3.05) is 6.61 Å². The molecule has 5 atom stereocenters. The third-order valence-corrected chi connectivity index (χ3v) is 2.24. The van der Waals surface area contributed by atoms with E-state index in [2.05, 4.69) is 11.3 Å². The van der Waals surface area contributed by atoms with E-state index >= 15 is 0 Å². The molecule has 4 N–H and O–H groups in total. The van der Waals surface area contributed by atoms with Crippen LogP contribution in [0.5, 0.6) is 0 Å². The molecule has 0 saturated carbocycles. The molecule has 0 radical (unpaired) electrons. The van der Waals surface area contributed by atoms with Crippen molar-refractivity contribution >= 4 is 5.97 Å². The number of esters is 1. The number of aliphatic hydroxyl groups excluding tert-OH is 4. The number of carbonyl (C=O) groups is 1. The van der Waals surface area contributed by atoms with Gasteiger partial charge in [0.05, 0.1) is 0 Å². The van der Waals surface area contributed by atoms with Gasteiger partial charge in [-0.25, -0.2) is 4.79 Å². The van der Waals surface area contributed by atoms with Crippen LogP contribution in [-0.2, 0) is 14.3 Å². The fourth-order valence-corrected chi connectivity index (χ4v) is 1.29. The van der Waals surface area contributed by atoms with Gasteiger partial charge >= 0.3 is 5.97 Å². The predicted molar refractivity (Wildman–Crippen MR) is 50.1 cm³/mol. The molecule has 1 aliphatic rings. The predicted octanol–water partition coefficient (Wildman–Crippen LogP) is -2.48. The highest BCUT2D eigenvalue weighted by Crippen LogP contribution is 2.19. The van der Waals surface area contributed by atoms with Gasteiger partial charge in [-0.05, 0) is 0 Å². The maximum Gasteiger partial charge on any atom is 0.330 e. The summed E-state index contributed by atoms with van der Waals surface area (Å²) < 4.78 is 9.35. The Kier molecular flexibility index (Phi) is 4.39. The first kappa shape index (κ1) is 13.1. The second kappa shape index (κ2) is 5.37. The van der Waals surface area contributed by atoms with Crippen LogP contribution in [0.25, 0.3) is 0 Å². The quantitative estimate of drug-likeness (QED) is 0.315. The van der Waals surface area contributed by atoms with Gasteiger partial charge in [0.25, 0.3) is 0 Å². The van der Waals surface area contributed by atoms with Crippen molar-refractivity contribution in [3.05, 3.63) is 12.7 Å². The van der Waals surface area contributed by atoms with Gasteiger partial charge < -0.3 is 29.9 Å². The van der Waals surface area contributed by atoms with E-state index < -0.39 is 36.7 Å². The van der Waals surface area contributed by atoms with Gasteiger partial charge in [-0.15, -0.1) is 0 Å². The Hall–Kier alpha value is -0.990. The van der Waals surface area contributed by atoms with E-state index in [9.17, 15) is 15.0 Å². The largest absolute Gasteiger partial charge is 0.460 e. The Morgan fingerprint density at radius 3 is 2.44 bits per heavy atom. The van der Waals surface area contributed by atoms with Crippen molar-refractivity contribution in [1.29, 1.82) is 0 Å². The molecule has 92 valence electrons. The first-order valence-corrected chi connectivity index (χ1v) is 4.64. The molecule has 0 unspecified atom stereocenters. The fraction of sp³-hybridized carbons (Fsp3) is 0.667. The molecule has 16 heavy (non-hydrogen) atoms. The van der Waals surface area contributed by atoms with Gasteiger partial charge in [0.1, 0.15) is 31.0 Å². The van der Waals surface area contributed by atoms with Crippen LogP contribution in [0, 0.1) is 0 Å². The molecule has 1 fully saturated rings. The van der Waals surface area contributed by atoms with Gasteiger partial charge in [0.2, 0.25) is 0 Å². The number of carbonyl (C=O) groups excluding carboxylic acids is 1. The Labute approximate surface area is 91.5 Å². The van der Waals surface area contributed by atoms with Crippen LogP contribution < -0.4 is 0 Å². The molecule has 0 aromatic heterocycles. The van der Waals surface area contributed by atoms with E-state index in [1.54, 1.807) is 0 Å². The molecular weight excluding hydrogens is 220 g/mol. The Morgan fingerprint density at radius 2 is 1.88 bits per heavy atom. The van der Waals surface area contributed by atoms with Crippen molar-refractivity contribution in [2.45, 2.75) is 30.7 Å². The fourth-order valence-electron chi connectivity index (χ4n) is 1.29. The zero-order chi connectivity index (χ0) is 12.3. The number of hydrogen-bond acceptors (Lipinski definition) is 7.